The smallest absolute Gasteiger partial charge is 0.134 e. The Balaban J connectivity index is 1.86. The third-order valence-electron chi connectivity index (χ3n) is 3.83. The molecule has 1 atom stereocenters. The molecule has 1 aromatic carbocycles. The molecule has 0 fully saturated rings. The molecule has 4 nitrogen and oxygen atoms in total. The zero-order valence-corrected chi connectivity index (χ0v) is 12.8. The fraction of sp³-hybridized carbons (Fsp3) is 0.353. The minimum Gasteiger partial charge on any atom is -0.459 e. The van der Waals surface area contributed by atoms with Crippen molar-refractivity contribution in [2.45, 2.75) is 32.9 Å². The second-order valence-corrected chi connectivity index (χ2v) is 5.44. The number of fused-ring (bicyclic) bond motifs is 1. The van der Waals surface area contributed by atoms with Crippen LogP contribution in [0.1, 0.15) is 29.9 Å². The molecule has 0 radical (unpaired) electrons. The standard InChI is InChI=1S/C17H21N3O/c1-4-20-11-13(10-19-20)8-15(18-3)17-9-14-7-12(2)5-6-16(14)21-17/h5-7,9-11,15,18H,4,8H2,1-3H3. The zero-order valence-electron chi connectivity index (χ0n) is 12.8. The SMILES string of the molecule is CCn1cc(CC(NC)c2cc3cc(C)ccc3o2)cn1. The van der Waals surface area contributed by atoms with Crippen LogP contribution in [0.2, 0.25) is 0 Å². The summed E-state index contributed by atoms with van der Waals surface area (Å²) >= 11 is 0. The second-order valence-electron chi connectivity index (χ2n) is 5.44. The van der Waals surface area contributed by atoms with E-state index in [2.05, 4.69) is 48.7 Å². The molecular formula is C17H21N3O. The van der Waals surface area contributed by atoms with Crippen LogP contribution < -0.4 is 5.32 Å². The van der Waals surface area contributed by atoms with E-state index in [1.165, 1.54) is 11.1 Å². The van der Waals surface area contributed by atoms with Gasteiger partial charge in [0.1, 0.15) is 11.3 Å². The average Bonchev–Trinajstić information content (AvgIpc) is 3.10. The van der Waals surface area contributed by atoms with Crippen molar-refractivity contribution in [3.63, 3.8) is 0 Å². The number of rotatable bonds is 5. The summed E-state index contributed by atoms with van der Waals surface area (Å²) in [6, 6.07) is 8.57. The number of hydrogen-bond acceptors (Lipinski definition) is 3. The van der Waals surface area contributed by atoms with Crippen LogP contribution in [-0.4, -0.2) is 16.8 Å². The Kier molecular flexibility index (Phi) is 3.80. The van der Waals surface area contributed by atoms with E-state index in [0.717, 1.165) is 29.7 Å². The van der Waals surface area contributed by atoms with Crippen LogP contribution in [0.25, 0.3) is 11.0 Å². The van der Waals surface area contributed by atoms with Gasteiger partial charge in [-0.25, -0.2) is 0 Å². The predicted octanol–water partition coefficient (Wildman–Crippen LogP) is 3.46. The maximum absolute atomic E-state index is 5.99. The summed E-state index contributed by atoms with van der Waals surface area (Å²) in [6.07, 6.45) is 4.90. The summed E-state index contributed by atoms with van der Waals surface area (Å²) in [6.45, 7) is 5.09. The fourth-order valence-electron chi connectivity index (χ4n) is 2.62. The molecule has 0 spiro atoms. The van der Waals surface area contributed by atoms with E-state index in [-0.39, 0.29) is 6.04 Å². The van der Waals surface area contributed by atoms with Crippen LogP contribution in [0, 0.1) is 6.92 Å². The van der Waals surface area contributed by atoms with E-state index < -0.39 is 0 Å². The first-order valence-corrected chi connectivity index (χ1v) is 7.38. The van der Waals surface area contributed by atoms with Crippen molar-refractivity contribution >= 4 is 11.0 Å². The Morgan fingerprint density at radius 2 is 2.19 bits per heavy atom. The molecule has 0 saturated heterocycles. The monoisotopic (exact) mass is 283 g/mol. The third kappa shape index (κ3) is 2.85. The van der Waals surface area contributed by atoms with Crippen LogP contribution in [-0.2, 0) is 13.0 Å². The Labute approximate surface area is 124 Å². The van der Waals surface area contributed by atoms with Gasteiger partial charge in [-0.2, -0.15) is 5.10 Å². The molecule has 0 saturated carbocycles. The first kappa shape index (κ1) is 13.9. The molecule has 2 aromatic heterocycles. The van der Waals surface area contributed by atoms with Crippen molar-refractivity contribution in [2.75, 3.05) is 7.05 Å². The summed E-state index contributed by atoms with van der Waals surface area (Å²) in [5, 5.41) is 8.83. The molecule has 1 N–H and O–H groups in total. The minimum atomic E-state index is 0.159. The van der Waals surface area contributed by atoms with Gasteiger partial charge in [-0.05, 0) is 51.1 Å². The van der Waals surface area contributed by atoms with Gasteiger partial charge in [-0.1, -0.05) is 11.6 Å². The Bertz CT molecular complexity index is 741. The van der Waals surface area contributed by atoms with E-state index >= 15 is 0 Å². The fourth-order valence-corrected chi connectivity index (χ4v) is 2.62. The van der Waals surface area contributed by atoms with Gasteiger partial charge in [0.05, 0.1) is 12.2 Å². The number of aryl methyl sites for hydroxylation is 2. The van der Waals surface area contributed by atoms with Crippen molar-refractivity contribution < 1.29 is 4.42 Å². The van der Waals surface area contributed by atoms with Crippen molar-refractivity contribution in [2.24, 2.45) is 0 Å². The molecule has 1 unspecified atom stereocenters. The lowest BCUT2D eigenvalue weighted by Crippen LogP contribution is -2.18. The van der Waals surface area contributed by atoms with Gasteiger partial charge in [0.2, 0.25) is 0 Å². The third-order valence-corrected chi connectivity index (χ3v) is 3.83. The first-order valence-electron chi connectivity index (χ1n) is 7.38. The maximum Gasteiger partial charge on any atom is 0.134 e. The van der Waals surface area contributed by atoms with Crippen LogP contribution in [0.5, 0.6) is 0 Å². The summed E-state index contributed by atoms with van der Waals surface area (Å²) < 4.78 is 7.94. The molecule has 21 heavy (non-hydrogen) atoms. The number of likely N-dealkylation sites (N-methyl/N-ethyl adjacent to an activating group) is 1. The lowest BCUT2D eigenvalue weighted by atomic mass is 10.1. The predicted molar refractivity (Wildman–Crippen MR) is 84.4 cm³/mol. The van der Waals surface area contributed by atoms with E-state index in [9.17, 15) is 0 Å². The van der Waals surface area contributed by atoms with Gasteiger partial charge < -0.3 is 9.73 Å². The largest absolute Gasteiger partial charge is 0.459 e. The highest BCUT2D eigenvalue weighted by Crippen LogP contribution is 2.26. The number of nitrogens with one attached hydrogen (secondary N) is 1. The number of hydrogen-bond donors (Lipinski definition) is 1. The molecule has 0 bridgehead atoms. The molecule has 0 aliphatic carbocycles. The molecule has 4 heteroatoms. The highest BCUT2D eigenvalue weighted by molar-refractivity contribution is 5.78. The lowest BCUT2D eigenvalue weighted by Gasteiger charge is -2.11. The van der Waals surface area contributed by atoms with E-state index in [0.29, 0.717) is 0 Å². The highest BCUT2D eigenvalue weighted by Gasteiger charge is 2.16. The minimum absolute atomic E-state index is 0.159. The Morgan fingerprint density at radius 1 is 1.33 bits per heavy atom. The van der Waals surface area contributed by atoms with Crippen LogP contribution in [0.4, 0.5) is 0 Å². The average molecular weight is 283 g/mol. The van der Waals surface area contributed by atoms with Gasteiger partial charge in [0, 0.05) is 18.1 Å². The highest BCUT2D eigenvalue weighted by atomic mass is 16.3. The zero-order chi connectivity index (χ0) is 14.8. The van der Waals surface area contributed by atoms with E-state index in [4.69, 9.17) is 4.42 Å². The summed E-state index contributed by atoms with van der Waals surface area (Å²) in [4.78, 5) is 0. The number of benzene rings is 1. The van der Waals surface area contributed by atoms with E-state index in [1.807, 2.05) is 24.0 Å². The molecule has 0 aliphatic heterocycles. The molecule has 0 aliphatic rings. The van der Waals surface area contributed by atoms with Gasteiger partial charge in [0.25, 0.3) is 0 Å². The van der Waals surface area contributed by atoms with Gasteiger partial charge in [-0.15, -0.1) is 0 Å². The van der Waals surface area contributed by atoms with Gasteiger partial charge in [0.15, 0.2) is 0 Å². The normalized spacial score (nSPS) is 12.9. The van der Waals surface area contributed by atoms with Crippen molar-refractivity contribution in [3.05, 3.63) is 53.5 Å². The van der Waals surface area contributed by atoms with Gasteiger partial charge >= 0.3 is 0 Å². The maximum atomic E-state index is 5.99. The van der Waals surface area contributed by atoms with Crippen molar-refractivity contribution in [3.8, 4) is 0 Å². The van der Waals surface area contributed by atoms with Crippen molar-refractivity contribution in [1.82, 2.24) is 15.1 Å². The summed E-state index contributed by atoms with van der Waals surface area (Å²) in [5.74, 6) is 0.974. The molecule has 3 rings (SSSR count). The lowest BCUT2D eigenvalue weighted by molar-refractivity contribution is 0.451. The number of aromatic nitrogens is 2. The van der Waals surface area contributed by atoms with Crippen molar-refractivity contribution in [1.29, 1.82) is 0 Å². The van der Waals surface area contributed by atoms with Crippen LogP contribution >= 0.6 is 0 Å². The summed E-state index contributed by atoms with van der Waals surface area (Å²) in [5.41, 5.74) is 3.41. The summed E-state index contributed by atoms with van der Waals surface area (Å²) in [7, 11) is 1.97. The number of nitrogens with zero attached hydrogens (tertiary/aromatic N) is 2. The molecule has 3 aromatic rings. The van der Waals surface area contributed by atoms with Gasteiger partial charge in [-0.3, -0.25) is 4.68 Å². The van der Waals surface area contributed by atoms with Crippen LogP contribution in [0.15, 0.2) is 41.1 Å². The molecule has 0 amide bonds. The molecule has 110 valence electrons. The molecular weight excluding hydrogens is 262 g/mol. The number of furan rings is 1. The quantitative estimate of drug-likeness (QED) is 0.779. The second kappa shape index (κ2) is 5.74. The van der Waals surface area contributed by atoms with Crippen LogP contribution in [0.3, 0.4) is 0 Å². The topological polar surface area (TPSA) is 43.0 Å². The Hall–Kier alpha value is -2.07. The molecule has 2 heterocycles. The Morgan fingerprint density at radius 3 is 2.90 bits per heavy atom. The van der Waals surface area contributed by atoms with E-state index in [1.54, 1.807) is 0 Å². The first-order chi connectivity index (χ1) is 10.2.